The molecule has 2 heterocycles. The highest BCUT2D eigenvalue weighted by atomic mass is 32.2. The van der Waals surface area contributed by atoms with Gasteiger partial charge in [-0.15, -0.1) is 0 Å². The van der Waals surface area contributed by atoms with Crippen LogP contribution in [0, 0.1) is 19.8 Å². The summed E-state index contributed by atoms with van der Waals surface area (Å²) in [6, 6.07) is 18.4. The first-order valence-corrected chi connectivity index (χ1v) is 14.4. The summed E-state index contributed by atoms with van der Waals surface area (Å²) in [5.41, 5.74) is 2.14. The molecule has 8 nitrogen and oxygen atoms in total. The number of benzene rings is 3. The monoisotopic (exact) mass is 578 g/mol. The van der Waals surface area contributed by atoms with E-state index in [0.717, 1.165) is 10.6 Å². The van der Waals surface area contributed by atoms with E-state index in [0.29, 0.717) is 16.6 Å². The molecule has 0 saturated heterocycles. The van der Waals surface area contributed by atoms with Crippen molar-refractivity contribution in [3.63, 3.8) is 0 Å². The summed E-state index contributed by atoms with van der Waals surface area (Å²) < 4.78 is 56.7. The van der Waals surface area contributed by atoms with Crippen LogP contribution in [0.2, 0.25) is 0 Å². The molecule has 11 heteroatoms. The lowest BCUT2D eigenvalue weighted by Crippen LogP contribution is -2.36. The maximum Gasteiger partial charge on any atom is 0.273 e. The number of carbonyl (C=O) groups is 2. The number of carbonyl (C=O) groups excluding carboxylic acids is 2. The second-order valence-corrected chi connectivity index (χ2v) is 11.9. The molecule has 1 aliphatic rings. The Bertz CT molecular complexity index is 1830. The SMILES string of the molecule is CCC(F)(F)c1cccc(NC(=O)C2C(=O)N(c3ccc4cc(C)n(S(=O)(=O)c5ccc(C)cc5)c4c3)N=C2C)c1. The zero-order valence-corrected chi connectivity index (χ0v) is 23.7. The third-order valence-corrected chi connectivity index (χ3v) is 8.94. The van der Waals surface area contributed by atoms with E-state index in [1.165, 1.54) is 42.1 Å². The summed E-state index contributed by atoms with van der Waals surface area (Å²) in [6.07, 6.45) is -0.397. The molecule has 3 aromatic carbocycles. The van der Waals surface area contributed by atoms with Crippen molar-refractivity contribution in [1.82, 2.24) is 3.97 Å². The first-order valence-electron chi connectivity index (χ1n) is 13.0. The molecule has 1 unspecified atom stereocenters. The number of halogens is 2. The Morgan fingerprint density at radius 1 is 1.00 bits per heavy atom. The minimum absolute atomic E-state index is 0.123. The van der Waals surface area contributed by atoms with Crippen molar-refractivity contribution >= 4 is 49.8 Å². The zero-order valence-electron chi connectivity index (χ0n) is 22.9. The van der Waals surface area contributed by atoms with Gasteiger partial charge in [-0.2, -0.15) is 10.1 Å². The number of anilines is 2. The van der Waals surface area contributed by atoms with Gasteiger partial charge >= 0.3 is 0 Å². The quantitative estimate of drug-likeness (QED) is 0.273. The van der Waals surface area contributed by atoms with Crippen molar-refractivity contribution in [3.05, 3.63) is 89.6 Å². The van der Waals surface area contributed by atoms with Gasteiger partial charge in [0.2, 0.25) is 5.91 Å². The van der Waals surface area contributed by atoms with Crippen molar-refractivity contribution in [1.29, 1.82) is 0 Å². The minimum atomic E-state index is -3.95. The van der Waals surface area contributed by atoms with Gasteiger partial charge in [0.1, 0.15) is 0 Å². The summed E-state index contributed by atoms with van der Waals surface area (Å²) in [4.78, 5) is 26.6. The Morgan fingerprint density at radius 3 is 2.39 bits per heavy atom. The van der Waals surface area contributed by atoms with Crippen LogP contribution in [0.4, 0.5) is 20.2 Å². The number of rotatable bonds is 7. The van der Waals surface area contributed by atoms with E-state index in [1.807, 2.05) is 6.92 Å². The molecule has 0 spiro atoms. The predicted octanol–water partition coefficient (Wildman–Crippen LogP) is 5.97. The van der Waals surface area contributed by atoms with Crippen LogP contribution >= 0.6 is 0 Å². The Hall–Kier alpha value is -4.38. The Morgan fingerprint density at radius 2 is 1.71 bits per heavy atom. The van der Waals surface area contributed by atoms with Gasteiger partial charge < -0.3 is 5.32 Å². The lowest BCUT2D eigenvalue weighted by Gasteiger charge is -2.17. The third-order valence-electron chi connectivity index (χ3n) is 7.11. The van der Waals surface area contributed by atoms with E-state index in [2.05, 4.69) is 10.4 Å². The molecule has 4 aromatic rings. The molecular weight excluding hydrogens is 550 g/mol. The summed E-state index contributed by atoms with van der Waals surface area (Å²) >= 11 is 0. The van der Waals surface area contributed by atoms with Crippen LogP contribution in [-0.4, -0.2) is 29.9 Å². The van der Waals surface area contributed by atoms with Crippen molar-refractivity contribution in [2.45, 2.75) is 44.9 Å². The molecule has 0 aliphatic carbocycles. The first kappa shape index (κ1) is 28.2. The van der Waals surface area contributed by atoms with Crippen LogP contribution in [0.25, 0.3) is 10.9 Å². The average molecular weight is 579 g/mol. The molecule has 1 atom stereocenters. The average Bonchev–Trinajstić information content (AvgIpc) is 3.43. The van der Waals surface area contributed by atoms with E-state index >= 15 is 0 Å². The Balaban J connectivity index is 1.45. The molecular formula is C30H28F2N4O4S. The number of fused-ring (bicyclic) bond motifs is 1. The summed E-state index contributed by atoms with van der Waals surface area (Å²) in [7, 11) is -3.95. The molecule has 5 rings (SSSR count). The third kappa shape index (κ3) is 5.01. The molecule has 41 heavy (non-hydrogen) atoms. The molecule has 2 amide bonds. The molecule has 1 aliphatic heterocycles. The highest BCUT2D eigenvalue weighted by molar-refractivity contribution is 7.90. The number of hydrazone groups is 1. The number of hydrogen-bond donors (Lipinski definition) is 1. The van der Waals surface area contributed by atoms with Crippen molar-refractivity contribution < 1.29 is 26.8 Å². The van der Waals surface area contributed by atoms with Crippen LogP contribution in [-0.2, 0) is 25.5 Å². The number of nitrogens with one attached hydrogen (secondary N) is 1. The number of aryl methyl sites for hydroxylation is 2. The van der Waals surface area contributed by atoms with Crippen LogP contribution < -0.4 is 10.3 Å². The number of aromatic nitrogens is 1. The van der Waals surface area contributed by atoms with E-state index in [-0.39, 0.29) is 27.5 Å². The van der Waals surface area contributed by atoms with Crippen molar-refractivity contribution in [2.75, 3.05) is 10.3 Å². The number of amides is 2. The van der Waals surface area contributed by atoms with E-state index < -0.39 is 40.1 Å². The molecule has 1 N–H and O–H groups in total. The highest BCUT2D eigenvalue weighted by Crippen LogP contribution is 2.34. The normalized spacial score (nSPS) is 15.9. The predicted molar refractivity (Wildman–Crippen MR) is 154 cm³/mol. The first-order chi connectivity index (χ1) is 19.3. The van der Waals surface area contributed by atoms with Gasteiger partial charge in [-0.05, 0) is 63.2 Å². The largest absolute Gasteiger partial charge is 0.325 e. The second kappa shape index (κ2) is 10.2. The Labute approximate surface area is 236 Å². The van der Waals surface area contributed by atoms with Gasteiger partial charge in [0, 0.05) is 28.8 Å². The molecule has 0 radical (unpaired) electrons. The molecule has 1 aromatic heterocycles. The van der Waals surface area contributed by atoms with Crippen LogP contribution in [0.1, 0.15) is 37.1 Å². The maximum atomic E-state index is 14.2. The summed E-state index contributed by atoms with van der Waals surface area (Å²) in [5, 5.41) is 8.55. The van der Waals surface area contributed by atoms with Gasteiger partial charge in [-0.1, -0.05) is 42.8 Å². The van der Waals surface area contributed by atoms with Crippen LogP contribution in [0.15, 0.2) is 82.8 Å². The lowest BCUT2D eigenvalue weighted by atomic mass is 10.0. The van der Waals surface area contributed by atoms with Crippen LogP contribution in [0.3, 0.4) is 0 Å². The van der Waals surface area contributed by atoms with Gasteiger partial charge in [0.25, 0.3) is 21.9 Å². The van der Waals surface area contributed by atoms with Gasteiger partial charge in [-0.3, -0.25) is 9.59 Å². The fourth-order valence-electron chi connectivity index (χ4n) is 4.87. The molecule has 212 valence electrons. The zero-order chi connectivity index (χ0) is 29.7. The number of nitrogens with zero attached hydrogens (tertiary/aromatic N) is 3. The smallest absolute Gasteiger partial charge is 0.273 e. The van der Waals surface area contributed by atoms with Crippen molar-refractivity contribution in [3.8, 4) is 0 Å². The van der Waals surface area contributed by atoms with Crippen LogP contribution in [0.5, 0.6) is 0 Å². The van der Waals surface area contributed by atoms with Gasteiger partial charge in [-0.25, -0.2) is 21.2 Å². The molecule has 0 saturated carbocycles. The summed E-state index contributed by atoms with van der Waals surface area (Å²) in [6.45, 7) is 6.44. The Kier molecular flexibility index (Phi) is 7.02. The maximum absolute atomic E-state index is 14.2. The van der Waals surface area contributed by atoms with Gasteiger partial charge in [0.15, 0.2) is 5.92 Å². The van der Waals surface area contributed by atoms with E-state index in [9.17, 15) is 26.8 Å². The highest BCUT2D eigenvalue weighted by Gasteiger charge is 2.40. The standard InChI is InChI=1S/C30H28F2N4O4S/c1-5-30(31,32)22-7-6-8-23(16-22)33-28(37)27-20(4)34-35(29(27)38)24-12-11-21-15-19(3)36(26(21)17-24)41(39,40)25-13-9-18(2)10-14-25/h6-17,27H,5H2,1-4H3,(H,33,37). The van der Waals surface area contributed by atoms with E-state index in [4.69, 9.17) is 0 Å². The second-order valence-electron chi connectivity index (χ2n) is 10.1. The molecule has 0 bridgehead atoms. The van der Waals surface area contributed by atoms with Crippen molar-refractivity contribution in [2.24, 2.45) is 11.0 Å². The topological polar surface area (TPSA) is 101 Å². The number of hydrogen-bond acceptors (Lipinski definition) is 5. The number of alkyl halides is 2. The minimum Gasteiger partial charge on any atom is -0.325 e. The lowest BCUT2D eigenvalue weighted by molar-refractivity contribution is -0.127. The summed E-state index contributed by atoms with van der Waals surface area (Å²) in [5.74, 6) is -5.70. The molecule has 0 fully saturated rings. The van der Waals surface area contributed by atoms with Gasteiger partial charge in [0.05, 0.1) is 21.8 Å². The fraction of sp³-hybridized carbons (Fsp3) is 0.233. The van der Waals surface area contributed by atoms with E-state index in [1.54, 1.807) is 55.5 Å². The fourth-order valence-corrected chi connectivity index (χ4v) is 6.41.